The molecule has 0 atom stereocenters. The third-order valence-corrected chi connectivity index (χ3v) is 1.73. The molecule has 0 fully saturated rings. The molecule has 0 nitrogen and oxygen atoms in total. The predicted octanol–water partition coefficient (Wildman–Crippen LogP) is 2.83. The van der Waals surface area contributed by atoms with Crippen LogP contribution in [0.3, 0.4) is 0 Å². The Morgan fingerprint density at radius 1 is 0.889 bits per heavy atom. The van der Waals surface area contributed by atoms with Crippen LogP contribution >= 0.6 is 37.2 Å². The van der Waals surface area contributed by atoms with Crippen LogP contribution in [0, 0.1) is 0 Å². The van der Waals surface area contributed by atoms with Gasteiger partial charge in [0, 0.05) is 21.7 Å². The smallest absolute Gasteiger partial charge is 0.147 e. The van der Waals surface area contributed by atoms with Crippen molar-refractivity contribution in [1.29, 1.82) is 0 Å². The Kier molecular flexibility index (Phi) is 109. The van der Waals surface area contributed by atoms with E-state index >= 15 is 0 Å². The van der Waals surface area contributed by atoms with Gasteiger partial charge in [-0.05, 0) is 0 Å². The summed E-state index contributed by atoms with van der Waals surface area (Å²) >= 11 is 0.815. The van der Waals surface area contributed by atoms with E-state index in [4.69, 9.17) is 0 Å². The van der Waals surface area contributed by atoms with Gasteiger partial charge < -0.3 is 0 Å². The number of hydrogen-bond donors (Lipinski definition) is 0. The van der Waals surface area contributed by atoms with E-state index in [1.54, 1.807) is 0 Å². The van der Waals surface area contributed by atoms with Gasteiger partial charge in [0.2, 0.25) is 0 Å². The maximum Gasteiger partial charge on any atom is 0.198 e. The Hall–Kier alpha value is 2.12. The first-order valence-corrected chi connectivity index (χ1v) is 3.86. The van der Waals surface area contributed by atoms with Crippen molar-refractivity contribution in [3.05, 3.63) is 0 Å². The molecule has 0 saturated carbocycles. The van der Waals surface area contributed by atoms with Gasteiger partial charge in [-0.25, -0.2) is 0 Å². The second-order valence-corrected chi connectivity index (χ2v) is 3.32. The predicted molar refractivity (Wildman–Crippen MR) is 48.5 cm³/mol. The van der Waals surface area contributed by atoms with Crippen molar-refractivity contribution >= 4 is 52.4 Å². The van der Waals surface area contributed by atoms with Crippen molar-refractivity contribution in [2.24, 2.45) is 0 Å². The van der Waals surface area contributed by atoms with Crippen LogP contribution in [0.25, 0.3) is 0 Å². The molecular formula is C4H13AlCl3Ti. The fraction of sp³-hybridized carbons (Fsp3) is 1.00. The number of hydrogen-bond acceptors (Lipinski definition) is 0. The SMILES string of the molecule is C[CH2][Al][CH2]C.Cl.Cl.Cl.[Ti]. The fourth-order valence-electron chi connectivity index (χ4n) is 0.289. The molecule has 0 aliphatic carbocycles. The molecule has 0 aromatic heterocycles. The van der Waals surface area contributed by atoms with Gasteiger partial charge >= 0.3 is 0 Å². The maximum atomic E-state index is 2.25. The Morgan fingerprint density at radius 3 is 1.11 bits per heavy atom. The molecule has 0 heterocycles. The van der Waals surface area contributed by atoms with Crippen molar-refractivity contribution in [1.82, 2.24) is 0 Å². The second-order valence-electron chi connectivity index (χ2n) is 1.11. The Morgan fingerprint density at radius 2 is 1.11 bits per heavy atom. The zero-order valence-electron chi connectivity index (χ0n) is 5.72. The topological polar surface area (TPSA) is 0 Å². The molecule has 5 heteroatoms. The van der Waals surface area contributed by atoms with Gasteiger partial charge in [0.15, 0.2) is 15.2 Å². The Bertz CT molecular complexity index is 23.3. The van der Waals surface area contributed by atoms with Crippen LogP contribution in [0.1, 0.15) is 13.8 Å². The summed E-state index contributed by atoms with van der Waals surface area (Å²) < 4.78 is 0. The quantitative estimate of drug-likeness (QED) is 0.653. The summed E-state index contributed by atoms with van der Waals surface area (Å²) in [5, 5.41) is 2.85. The molecule has 0 unspecified atom stereocenters. The molecule has 0 rings (SSSR count). The van der Waals surface area contributed by atoms with Gasteiger partial charge in [0.05, 0.1) is 0 Å². The first kappa shape index (κ1) is 30.4. The maximum absolute atomic E-state index is 2.25. The summed E-state index contributed by atoms with van der Waals surface area (Å²) in [6.07, 6.45) is 0. The van der Waals surface area contributed by atoms with Crippen molar-refractivity contribution < 1.29 is 21.7 Å². The first-order valence-electron chi connectivity index (χ1n) is 2.23. The van der Waals surface area contributed by atoms with E-state index < -0.39 is 0 Å². The third-order valence-electron chi connectivity index (χ3n) is 0.577. The minimum absolute atomic E-state index is 0. The van der Waals surface area contributed by atoms with E-state index in [1.165, 1.54) is 10.6 Å². The largest absolute Gasteiger partial charge is 0.198 e. The molecule has 0 aliphatic rings. The second kappa shape index (κ2) is 32.1. The van der Waals surface area contributed by atoms with Crippen LogP contribution < -0.4 is 0 Å². The summed E-state index contributed by atoms with van der Waals surface area (Å²) in [5.41, 5.74) is 0. The molecule has 0 spiro atoms. The van der Waals surface area contributed by atoms with Crippen molar-refractivity contribution in [3.8, 4) is 0 Å². The molecule has 1 radical (unpaired) electrons. The van der Waals surface area contributed by atoms with Crippen LogP contribution in [0.4, 0.5) is 0 Å². The number of halogens is 3. The normalized spacial score (nSPS) is 4.22. The molecule has 0 N–H and O–H groups in total. The third kappa shape index (κ3) is 39.3. The summed E-state index contributed by atoms with van der Waals surface area (Å²) in [6.45, 7) is 4.50. The van der Waals surface area contributed by atoms with Gasteiger partial charge in [-0.2, -0.15) is 0 Å². The van der Waals surface area contributed by atoms with E-state index in [0.717, 1.165) is 15.2 Å². The van der Waals surface area contributed by atoms with E-state index in [-0.39, 0.29) is 58.9 Å². The van der Waals surface area contributed by atoms with Crippen LogP contribution in [0.5, 0.6) is 0 Å². The zero-order valence-corrected chi connectivity index (χ0v) is 10.9. The average Bonchev–Trinajstić information content (AvgIpc) is 1.41. The van der Waals surface area contributed by atoms with Crippen LogP contribution in [0.2, 0.25) is 10.6 Å². The van der Waals surface area contributed by atoms with Gasteiger partial charge in [-0.3, -0.25) is 0 Å². The number of rotatable bonds is 2. The summed E-state index contributed by atoms with van der Waals surface area (Å²) in [5.74, 6) is 0. The van der Waals surface area contributed by atoms with Crippen molar-refractivity contribution in [2.75, 3.05) is 0 Å². The standard InChI is InChI=1S/2C2H5.Al.3ClH.Ti/c2*1-2;;;;;/h2*1H2,2H3;;3*1H;. The van der Waals surface area contributed by atoms with Crippen LogP contribution in [-0.2, 0) is 21.7 Å². The molecule has 0 saturated heterocycles. The summed E-state index contributed by atoms with van der Waals surface area (Å²) in [7, 11) is 0. The molecule has 57 valence electrons. The Labute approximate surface area is 97.8 Å². The van der Waals surface area contributed by atoms with Crippen LogP contribution in [0.15, 0.2) is 0 Å². The average molecular weight is 242 g/mol. The summed E-state index contributed by atoms with van der Waals surface area (Å²) in [6, 6.07) is 0. The minimum Gasteiger partial charge on any atom is -0.147 e. The van der Waals surface area contributed by atoms with Crippen molar-refractivity contribution in [2.45, 2.75) is 24.4 Å². The van der Waals surface area contributed by atoms with Gasteiger partial charge in [0.25, 0.3) is 0 Å². The Balaban J connectivity index is -0.0000000133. The first-order chi connectivity index (χ1) is 2.41. The van der Waals surface area contributed by atoms with E-state index in [1.807, 2.05) is 0 Å². The summed E-state index contributed by atoms with van der Waals surface area (Å²) in [4.78, 5) is 0. The van der Waals surface area contributed by atoms with Gasteiger partial charge in [-0.1, -0.05) is 13.8 Å². The fourth-order valence-corrected chi connectivity index (χ4v) is 0.866. The van der Waals surface area contributed by atoms with E-state index in [9.17, 15) is 0 Å². The van der Waals surface area contributed by atoms with Gasteiger partial charge in [-0.15, -0.1) is 47.8 Å². The van der Waals surface area contributed by atoms with Gasteiger partial charge in [0.1, 0.15) is 0 Å². The molecule has 0 aromatic rings. The molecule has 0 aliphatic heterocycles. The minimum atomic E-state index is 0. The van der Waals surface area contributed by atoms with E-state index in [2.05, 4.69) is 13.8 Å². The van der Waals surface area contributed by atoms with Crippen molar-refractivity contribution in [3.63, 3.8) is 0 Å². The van der Waals surface area contributed by atoms with Crippen LogP contribution in [-0.4, -0.2) is 15.2 Å². The molecule has 0 bridgehead atoms. The van der Waals surface area contributed by atoms with E-state index in [0.29, 0.717) is 0 Å². The zero-order chi connectivity index (χ0) is 4.12. The molecular weight excluding hydrogens is 229 g/mol. The molecule has 0 aromatic carbocycles. The molecule has 9 heavy (non-hydrogen) atoms. The molecule has 0 amide bonds. The monoisotopic (exact) mass is 241 g/mol.